The van der Waals surface area contributed by atoms with Gasteiger partial charge >= 0.3 is 6.03 Å². The smallest absolute Gasteiger partial charge is 0.321 e. The van der Waals surface area contributed by atoms with E-state index in [1.807, 2.05) is 0 Å². The van der Waals surface area contributed by atoms with Gasteiger partial charge in [0, 0.05) is 35.9 Å². The molecular weight excluding hydrogens is 370 g/mol. The van der Waals surface area contributed by atoms with Crippen molar-refractivity contribution in [3.63, 3.8) is 0 Å². The molecule has 7 heteroatoms. The summed E-state index contributed by atoms with van der Waals surface area (Å²) in [5.74, 6) is 0.444. The number of rotatable bonds is 5. The number of carbonyl (C=O) groups is 3. The van der Waals surface area contributed by atoms with E-state index in [4.69, 9.17) is 4.74 Å². The third kappa shape index (κ3) is 5.34. The van der Waals surface area contributed by atoms with Gasteiger partial charge in [-0.05, 0) is 50.1 Å². The number of carbonyl (C=O) groups excluding carboxylic acids is 3. The molecule has 3 rings (SSSR count). The van der Waals surface area contributed by atoms with Gasteiger partial charge in [-0.15, -0.1) is 0 Å². The van der Waals surface area contributed by atoms with E-state index in [2.05, 4.69) is 10.6 Å². The summed E-state index contributed by atoms with van der Waals surface area (Å²) in [5.41, 5.74) is 1.70. The number of hydrogen-bond acceptors (Lipinski definition) is 4. The molecule has 1 aliphatic rings. The van der Waals surface area contributed by atoms with Gasteiger partial charge in [-0.2, -0.15) is 0 Å². The molecular formula is C22H25N3O4. The zero-order valence-corrected chi connectivity index (χ0v) is 16.6. The summed E-state index contributed by atoms with van der Waals surface area (Å²) >= 11 is 0. The van der Waals surface area contributed by atoms with Gasteiger partial charge < -0.3 is 20.3 Å². The van der Waals surface area contributed by atoms with Crippen molar-refractivity contribution in [1.29, 1.82) is 0 Å². The number of nitrogens with one attached hydrogen (secondary N) is 2. The first-order valence-corrected chi connectivity index (χ1v) is 9.58. The Morgan fingerprint density at radius 3 is 2.38 bits per heavy atom. The number of anilines is 1. The lowest BCUT2D eigenvalue weighted by molar-refractivity contribution is 0.0918. The quantitative estimate of drug-likeness (QED) is 0.760. The molecule has 0 aromatic heterocycles. The number of nitrogens with zero attached hydrogens (tertiary/aromatic N) is 1. The largest absolute Gasteiger partial charge is 0.497 e. The molecule has 29 heavy (non-hydrogen) atoms. The Labute approximate surface area is 170 Å². The Hall–Kier alpha value is -3.35. The highest BCUT2D eigenvalue weighted by Crippen LogP contribution is 2.17. The highest BCUT2D eigenvalue weighted by molar-refractivity contribution is 5.97. The Kier molecular flexibility index (Phi) is 6.49. The van der Waals surface area contributed by atoms with E-state index in [0.29, 0.717) is 48.5 Å². The van der Waals surface area contributed by atoms with Crippen molar-refractivity contribution >= 4 is 23.4 Å². The lowest BCUT2D eigenvalue weighted by atomic mass is 10.0. The van der Waals surface area contributed by atoms with Crippen LogP contribution in [0.5, 0.6) is 5.75 Å². The number of urea groups is 1. The lowest BCUT2D eigenvalue weighted by Gasteiger charge is -2.32. The van der Waals surface area contributed by atoms with Crippen molar-refractivity contribution in [2.45, 2.75) is 25.8 Å². The molecule has 7 nitrogen and oxygen atoms in total. The topological polar surface area (TPSA) is 87.7 Å². The summed E-state index contributed by atoms with van der Waals surface area (Å²) in [6, 6.07) is 13.7. The zero-order chi connectivity index (χ0) is 20.8. The minimum atomic E-state index is -0.205. The first kappa shape index (κ1) is 20.4. The highest BCUT2D eigenvalue weighted by Gasteiger charge is 2.24. The number of ether oxygens (including phenoxy) is 1. The van der Waals surface area contributed by atoms with Crippen LogP contribution in [0.3, 0.4) is 0 Å². The van der Waals surface area contributed by atoms with Gasteiger partial charge in [-0.1, -0.05) is 18.2 Å². The fourth-order valence-corrected chi connectivity index (χ4v) is 3.28. The third-order valence-electron chi connectivity index (χ3n) is 4.97. The molecule has 0 spiro atoms. The molecule has 1 heterocycles. The van der Waals surface area contributed by atoms with Gasteiger partial charge in [-0.3, -0.25) is 9.59 Å². The average molecular weight is 395 g/mol. The minimum absolute atomic E-state index is 0.0128. The second-order valence-corrected chi connectivity index (χ2v) is 7.03. The van der Waals surface area contributed by atoms with Crippen LogP contribution in [-0.2, 0) is 0 Å². The van der Waals surface area contributed by atoms with Crippen LogP contribution in [0.1, 0.15) is 40.5 Å². The van der Waals surface area contributed by atoms with E-state index >= 15 is 0 Å². The van der Waals surface area contributed by atoms with Crippen molar-refractivity contribution in [3.8, 4) is 5.75 Å². The number of benzene rings is 2. The summed E-state index contributed by atoms with van der Waals surface area (Å²) < 4.78 is 5.15. The normalized spacial score (nSPS) is 14.2. The second-order valence-electron chi connectivity index (χ2n) is 7.03. The molecule has 0 unspecified atom stereocenters. The SMILES string of the molecule is COc1cccc(C(=O)NC2CCN(C(=O)Nc3cccc(C(C)=O)c3)CC2)c1. The van der Waals surface area contributed by atoms with E-state index in [1.165, 1.54) is 6.92 Å². The summed E-state index contributed by atoms with van der Waals surface area (Å²) in [6.07, 6.45) is 1.35. The van der Waals surface area contributed by atoms with Crippen LogP contribution in [0, 0.1) is 0 Å². The Morgan fingerprint density at radius 2 is 1.69 bits per heavy atom. The summed E-state index contributed by atoms with van der Waals surface area (Å²) in [4.78, 5) is 38.1. The molecule has 0 bridgehead atoms. The van der Waals surface area contributed by atoms with Crippen LogP contribution in [-0.4, -0.2) is 48.9 Å². The van der Waals surface area contributed by atoms with Crippen LogP contribution < -0.4 is 15.4 Å². The number of likely N-dealkylation sites (tertiary alicyclic amines) is 1. The van der Waals surface area contributed by atoms with E-state index in [0.717, 1.165) is 0 Å². The maximum absolute atomic E-state index is 12.5. The second kappa shape index (κ2) is 9.23. The Bertz CT molecular complexity index is 904. The highest BCUT2D eigenvalue weighted by atomic mass is 16.5. The van der Waals surface area contributed by atoms with Crippen LogP contribution in [0.25, 0.3) is 0 Å². The first-order chi connectivity index (χ1) is 14.0. The number of piperidine rings is 1. The van der Waals surface area contributed by atoms with Crippen molar-refractivity contribution in [2.75, 3.05) is 25.5 Å². The first-order valence-electron chi connectivity index (χ1n) is 9.58. The molecule has 152 valence electrons. The monoisotopic (exact) mass is 395 g/mol. The standard InChI is InChI=1S/C22H25N3O4/c1-15(26)16-5-3-7-19(13-16)24-22(28)25-11-9-18(10-12-25)23-21(27)17-6-4-8-20(14-17)29-2/h3-8,13-14,18H,9-12H2,1-2H3,(H,23,27)(H,24,28). The van der Waals surface area contributed by atoms with Gasteiger partial charge in [0.05, 0.1) is 7.11 Å². The number of methoxy groups -OCH3 is 1. The van der Waals surface area contributed by atoms with Crippen molar-refractivity contribution in [2.24, 2.45) is 0 Å². The number of hydrogen-bond donors (Lipinski definition) is 2. The Morgan fingerprint density at radius 1 is 1.00 bits per heavy atom. The van der Waals surface area contributed by atoms with E-state index in [1.54, 1.807) is 60.5 Å². The number of Topliss-reactive ketones (excluding diaryl/α,β-unsaturated/α-hetero) is 1. The lowest BCUT2D eigenvalue weighted by Crippen LogP contribution is -2.47. The number of ketones is 1. The molecule has 2 N–H and O–H groups in total. The van der Waals surface area contributed by atoms with Gasteiger partial charge in [0.2, 0.25) is 0 Å². The van der Waals surface area contributed by atoms with Gasteiger partial charge in [0.15, 0.2) is 5.78 Å². The molecule has 2 aromatic rings. The average Bonchev–Trinajstić information content (AvgIpc) is 2.74. The molecule has 1 saturated heterocycles. The van der Waals surface area contributed by atoms with Crippen molar-refractivity contribution in [1.82, 2.24) is 10.2 Å². The molecule has 0 aliphatic carbocycles. The predicted octanol–water partition coefficient (Wildman–Crippen LogP) is 3.32. The van der Waals surface area contributed by atoms with Crippen LogP contribution >= 0.6 is 0 Å². The summed E-state index contributed by atoms with van der Waals surface area (Å²) in [7, 11) is 1.56. The molecule has 1 aliphatic heterocycles. The van der Waals surface area contributed by atoms with E-state index in [9.17, 15) is 14.4 Å². The summed E-state index contributed by atoms with van der Waals surface area (Å²) in [6.45, 7) is 2.58. The molecule has 1 fully saturated rings. The zero-order valence-electron chi connectivity index (χ0n) is 16.6. The van der Waals surface area contributed by atoms with Crippen molar-refractivity contribution in [3.05, 3.63) is 59.7 Å². The Balaban J connectivity index is 1.50. The van der Waals surface area contributed by atoms with Gasteiger partial charge in [0.25, 0.3) is 5.91 Å². The summed E-state index contributed by atoms with van der Waals surface area (Å²) in [5, 5.41) is 5.86. The van der Waals surface area contributed by atoms with Crippen LogP contribution in [0.2, 0.25) is 0 Å². The van der Waals surface area contributed by atoms with Crippen LogP contribution in [0.15, 0.2) is 48.5 Å². The predicted molar refractivity (Wildman–Crippen MR) is 111 cm³/mol. The molecule has 2 aromatic carbocycles. The van der Waals surface area contributed by atoms with E-state index in [-0.39, 0.29) is 23.8 Å². The molecule has 0 radical (unpaired) electrons. The molecule has 0 atom stereocenters. The van der Waals surface area contributed by atoms with Gasteiger partial charge in [-0.25, -0.2) is 4.79 Å². The van der Waals surface area contributed by atoms with Gasteiger partial charge in [0.1, 0.15) is 5.75 Å². The third-order valence-corrected chi connectivity index (χ3v) is 4.97. The molecule has 3 amide bonds. The molecule has 0 saturated carbocycles. The van der Waals surface area contributed by atoms with E-state index < -0.39 is 0 Å². The number of amides is 3. The maximum atomic E-state index is 12.5. The maximum Gasteiger partial charge on any atom is 0.321 e. The fourth-order valence-electron chi connectivity index (χ4n) is 3.28. The minimum Gasteiger partial charge on any atom is -0.497 e. The fraction of sp³-hybridized carbons (Fsp3) is 0.318. The van der Waals surface area contributed by atoms with Crippen LogP contribution in [0.4, 0.5) is 10.5 Å². The van der Waals surface area contributed by atoms with Crippen molar-refractivity contribution < 1.29 is 19.1 Å².